The molecule has 27 heavy (non-hydrogen) atoms. The predicted molar refractivity (Wildman–Crippen MR) is 106 cm³/mol. The van der Waals surface area contributed by atoms with Gasteiger partial charge in [0.05, 0.1) is 12.2 Å². The summed E-state index contributed by atoms with van der Waals surface area (Å²) >= 11 is 12.6. The van der Waals surface area contributed by atoms with Gasteiger partial charge in [-0.15, -0.1) is 0 Å². The minimum Gasteiger partial charge on any atom is -0.375 e. The molecule has 1 amide bonds. The third kappa shape index (κ3) is 3.10. The van der Waals surface area contributed by atoms with Gasteiger partial charge in [0, 0.05) is 40.0 Å². The van der Waals surface area contributed by atoms with Gasteiger partial charge in [-0.25, -0.2) is 0 Å². The maximum atomic E-state index is 13.3. The molecule has 1 aromatic heterocycles. The average Bonchev–Trinajstić information content (AvgIpc) is 2.87. The molecule has 0 bridgehead atoms. The molecule has 0 saturated heterocycles. The van der Waals surface area contributed by atoms with Crippen LogP contribution in [0.1, 0.15) is 16.7 Å². The van der Waals surface area contributed by atoms with Gasteiger partial charge >= 0.3 is 0 Å². The standard InChI is InChI=1S/C21H16Cl2N2O2/c22-17-5-3-6-18(23)15(17)13-25-19-7-2-1-4-16(19)21(27,20(25)26)12-14-8-10-24-11-9-14/h1-11,27H,12-13H2. The molecular weight excluding hydrogens is 383 g/mol. The number of rotatable bonds is 4. The van der Waals surface area contributed by atoms with Gasteiger partial charge in [0.2, 0.25) is 0 Å². The summed E-state index contributed by atoms with van der Waals surface area (Å²) in [7, 11) is 0. The lowest BCUT2D eigenvalue weighted by molar-refractivity contribution is -0.136. The lowest BCUT2D eigenvalue weighted by Crippen LogP contribution is -2.41. The normalized spacial score (nSPS) is 18.6. The third-order valence-corrected chi connectivity index (χ3v) is 5.53. The first-order valence-corrected chi connectivity index (χ1v) is 9.22. The number of benzene rings is 2. The van der Waals surface area contributed by atoms with Crippen LogP contribution in [-0.2, 0) is 23.4 Å². The molecule has 4 rings (SSSR count). The van der Waals surface area contributed by atoms with E-state index in [9.17, 15) is 9.90 Å². The van der Waals surface area contributed by atoms with Crippen LogP contribution in [0.4, 0.5) is 5.69 Å². The minimum atomic E-state index is -1.65. The second-order valence-electron chi connectivity index (χ2n) is 6.50. The number of amides is 1. The van der Waals surface area contributed by atoms with Crippen LogP contribution in [0, 0.1) is 0 Å². The first-order chi connectivity index (χ1) is 13.0. The number of carbonyl (C=O) groups excluding carboxylic acids is 1. The first-order valence-electron chi connectivity index (χ1n) is 8.46. The van der Waals surface area contributed by atoms with Crippen LogP contribution in [-0.4, -0.2) is 16.0 Å². The first kappa shape index (κ1) is 18.0. The monoisotopic (exact) mass is 398 g/mol. The smallest absolute Gasteiger partial charge is 0.264 e. The summed E-state index contributed by atoms with van der Waals surface area (Å²) in [6.45, 7) is 0.188. The molecule has 0 spiro atoms. The number of aromatic nitrogens is 1. The maximum absolute atomic E-state index is 13.3. The van der Waals surface area contributed by atoms with E-state index in [-0.39, 0.29) is 13.0 Å². The Bertz CT molecular complexity index is 990. The number of halogens is 2. The zero-order valence-electron chi connectivity index (χ0n) is 14.3. The highest BCUT2D eigenvalue weighted by Crippen LogP contribution is 2.43. The van der Waals surface area contributed by atoms with Crippen molar-refractivity contribution in [2.45, 2.75) is 18.6 Å². The number of fused-ring (bicyclic) bond motifs is 1. The highest BCUT2D eigenvalue weighted by Gasteiger charge is 2.49. The Morgan fingerprint density at radius 1 is 0.963 bits per heavy atom. The van der Waals surface area contributed by atoms with Crippen molar-refractivity contribution in [2.24, 2.45) is 0 Å². The quantitative estimate of drug-likeness (QED) is 0.709. The van der Waals surface area contributed by atoms with Crippen molar-refractivity contribution in [3.8, 4) is 0 Å². The van der Waals surface area contributed by atoms with Crippen LogP contribution in [0.2, 0.25) is 10.0 Å². The maximum Gasteiger partial charge on any atom is 0.264 e. The molecule has 1 aliphatic rings. The molecule has 0 radical (unpaired) electrons. The van der Waals surface area contributed by atoms with Crippen molar-refractivity contribution >= 4 is 34.8 Å². The molecule has 1 atom stereocenters. The summed E-state index contributed by atoms with van der Waals surface area (Å²) in [6, 6.07) is 16.1. The van der Waals surface area contributed by atoms with E-state index in [0.717, 1.165) is 5.56 Å². The molecule has 0 fully saturated rings. The topological polar surface area (TPSA) is 53.4 Å². The molecule has 6 heteroatoms. The van der Waals surface area contributed by atoms with E-state index in [4.69, 9.17) is 23.2 Å². The lowest BCUT2D eigenvalue weighted by Gasteiger charge is -2.24. The van der Waals surface area contributed by atoms with E-state index < -0.39 is 11.5 Å². The molecule has 4 nitrogen and oxygen atoms in total. The fraction of sp³-hybridized carbons (Fsp3) is 0.143. The Balaban J connectivity index is 1.76. The van der Waals surface area contributed by atoms with Gasteiger partial charge in [-0.3, -0.25) is 9.78 Å². The number of hydrogen-bond donors (Lipinski definition) is 1. The number of anilines is 1. The van der Waals surface area contributed by atoms with Crippen molar-refractivity contribution < 1.29 is 9.90 Å². The van der Waals surface area contributed by atoms with Crippen molar-refractivity contribution in [3.63, 3.8) is 0 Å². The van der Waals surface area contributed by atoms with Gasteiger partial charge in [-0.2, -0.15) is 0 Å². The number of nitrogens with zero attached hydrogens (tertiary/aromatic N) is 2. The van der Waals surface area contributed by atoms with Gasteiger partial charge in [0.15, 0.2) is 5.60 Å². The number of aliphatic hydroxyl groups is 1. The Labute approximate surface area is 167 Å². The summed E-state index contributed by atoms with van der Waals surface area (Å²) in [5.41, 5.74) is 1.07. The van der Waals surface area contributed by atoms with Crippen molar-refractivity contribution in [2.75, 3.05) is 4.90 Å². The average molecular weight is 399 g/mol. The van der Waals surface area contributed by atoms with E-state index >= 15 is 0 Å². The van der Waals surface area contributed by atoms with E-state index in [2.05, 4.69) is 4.98 Å². The lowest BCUT2D eigenvalue weighted by atomic mass is 9.89. The summed E-state index contributed by atoms with van der Waals surface area (Å²) in [4.78, 5) is 18.8. The van der Waals surface area contributed by atoms with Gasteiger partial charge in [0.1, 0.15) is 0 Å². The highest BCUT2D eigenvalue weighted by atomic mass is 35.5. The van der Waals surface area contributed by atoms with E-state index in [1.807, 2.05) is 18.2 Å². The predicted octanol–water partition coefficient (Wildman–Crippen LogP) is 4.37. The van der Waals surface area contributed by atoms with Gasteiger partial charge in [-0.05, 0) is 35.9 Å². The number of carbonyl (C=O) groups is 1. The minimum absolute atomic E-state index is 0.165. The largest absolute Gasteiger partial charge is 0.375 e. The van der Waals surface area contributed by atoms with Crippen LogP contribution < -0.4 is 4.90 Å². The fourth-order valence-electron chi connectivity index (χ4n) is 3.47. The molecular formula is C21H16Cl2N2O2. The van der Waals surface area contributed by atoms with Crippen LogP contribution in [0.25, 0.3) is 0 Å². The number of para-hydroxylation sites is 1. The summed E-state index contributed by atoms with van der Waals surface area (Å²) in [5.74, 6) is -0.392. The zero-order chi connectivity index (χ0) is 19.0. The molecule has 1 aliphatic heterocycles. The van der Waals surface area contributed by atoms with Gasteiger partial charge in [0.25, 0.3) is 5.91 Å². The highest BCUT2D eigenvalue weighted by molar-refractivity contribution is 6.36. The molecule has 3 aromatic rings. The molecule has 136 valence electrons. The van der Waals surface area contributed by atoms with Gasteiger partial charge in [-0.1, -0.05) is 47.5 Å². The Kier molecular flexibility index (Phi) is 4.64. The SMILES string of the molecule is O=C1N(Cc2c(Cl)cccc2Cl)c2ccccc2C1(O)Cc1ccncc1. The van der Waals surface area contributed by atoms with Crippen molar-refractivity contribution in [1.29, 1.82) is 0 Å². The Morgan fingerprint density at radius 2 is 1.63 bits per heavy atom. The summed E-state index contributed by atoms with van der Waals surface area (Å²) in [6.07, 6.45) is 3.45. The van der Waals surface area contributed by atoms with Crippen LogP contribution in [0.5, 0.6) is 0 Å². The molecule has 0 saturated carbocycles. The second-order valence-corrected chi connectivity index (χ2v) is 7.32. The molecule has 1 N–H and O–H groups in total. The summed E-state index contributed by atoms with van der Waals surface area (Å²) in [5, 5.41) is 12.3. The molecule has 2 heterocycles. The van der Waals surface area contributed by atoms with Crippen LogP contribution in [0.3, 0.4) is 0 Å². The van der Waals surface area contributed by atoms with Crippen molar-refractivity contribution in [3.05, 3.63) is 93.7 Å². The molecule has 1 unspecified atom stereocenters. The Morgan fingerprint density at radius 3 is 2.33 bits per heavy atom. The van der Waals surface area contributed by atoms with E-state index in [0.29, 0.717) is 26.9 Å². The molecule has 0 aliphatic carbocycles. The zero-order valence-corrected chi connectivity index (χ0v) is 15.8. The molecule has 2 aromatic carbocycles. The third-order valence-electron chi connectivity index (χ3n) is 4.83. The van der Waals surface area contributed by atoms with E-state index in [1.165, 1.54) is 0 Å². The Hall–Kier alpha value is -2.40. The van der Waals surface area contributed by atoms with Gasteiger partial charge < -0.3 is 10.0 Å². The fourth-order valence-corrected chi connectivity index (χ4v) is 3.99. The van der Waals surface area contributed by atoms with Crippen LogP contribution >= 0.6 is 23.2 Å². The number of hydrogen-bond acceptors (Lipinski definition) is 3. The number of pyridine rings is 1. The second kappa shape index (κ2) is 6.97. The summed E-state index contributed by atoms with van der Waals surface area (Å²) < 4.78 is 0. The van der Waals surface area contributed by atoms with Crippen molar-refractivity contribution in [1.82, 2.24) is 4.98 Å². The van der Waals surface area contributed by atoms with E-state index in [1.54, 1.807) is 53.7 Å². The van der Waals surface area contributed by atoms with Crippen LogP contribution in [0.15, 0.2) is 67.0 Å².